The lowest BCUT2D eigenvalue weighted by atomic mass is 10.0. The molecule has 48 valence electrons. The van der Waals surface area contributed by atoms with Crippen LogP contribution >= 0.6 is 0 Å². The Kier molecular flexibility index (Phi) is 1.86. The second-order valence-corrected chi connectivity index (χ2v) is 2.30. The fourth-order valence-corrected chi connectivity index (χ4v) is 0.801. The second-order valence-electron chi connectivity index (χ2n) is 2.30. The molecule has 2 heteroatoms. The van der Waals surface area contributed by atoms with E-state index in [1.807, 2.05) is 0 Å². The highest BCUT2D eigenvalue weighted by Crippen LogP contribution is 2.18. The Bertz CT molecular complexity index is 72.9. The highest BCUT2D eigenvalue weighted by atomic mass is 16.5. The largest absolute Gasteiger partial charge is 0.382 e. The van der Waals surface area contributed by atoms with Gasteiger partial charge in [0, 0.05) is 13.0 Å². The molecule has 0 amide bonds. The number of rotatable bonds is 2. The lowest BCUT2D eigenvalue weighted by Gasteiger charge is -2.33. The van der Waals surface area contributed by atoms with E-state index < -0.39 is 0 Å². The standard InChI is InChI=1S/C6H12O2/c1-5-3-8-6(5)4-7-2/h5-6H,3-4H2,1-2H3. The molecule has 0 spiro atoms. The third kappa shape index (κ3) is 1.01. The van der Waals surface area contributed by atoms with Crippen molar-refractivity contribution in [3.63, 3.8) is 0 Å². The van der Waals surface area contributed by atoms with Crippen molar-refractivity contribution in [3.05, 3.63) is 0 Å². The Balaban J connectivity index is 2.08. The van der Waals surface area contributed by atoms with Gasteiger partial charge in [-0.25, -0.2) is 0 Å². The van der Waals surface area contributed by atoms with Crippen LogP contribution in [0.25, 0.3) is 0 Å². The van der Waals surface area contributed by atoms with Crippen molar-refractivity contribution in [2.75, 3.05) is 20.3 Å². The average Bonchev–Trinajstić information content (AvgIpc) is 1.79. The number of ether oxygens (including phenoxy) is 2. The van der Waals surface area contributed by atoms with Crippen molar-refractivity contribution < 1.29 is 9.47 Å². The first-order valence-electron chi connectivity index (χ1n) is 2.95. The van der Waals surface area contributed by atoms with Crippen LogP contribution in [0, 0.1) is 5.92 Å². The van der Waals surface area contributed by atoms with Gasteiger partial charge in [0.15, 0.2) is 0 Å². The van der Waals surface area contributed by atoms with Gasteiger partial charge < -0.3 is 9.47 Å². The summed E-state index contributed by atoms with van der Waals surface area (Å²) in [4.78, 5) is 0. The molecule has 1 fully saturated rings. The minimum atomic E-state index is 0.375. The summed E-state index contributed by atoms with van der Waals surface area (Å²) in [6, 6.07) is 0. The van der Waals surface area contributed by atoms with E-state index in [1.54, 1.807) is 7.11 Å². The molecule has 0 aliphatic carbocycles. The third-order valence-corrected chi connectivity index (χ3v) is 1.54. The smallest absolute Gasteiger partial charge is 0.0855 e. The van der Waals surface area contributed by atoms with Gasteiger partial charge in [0.1, 0.15) is 0 Å². The monoisotopic (exact) mass is 116 g/mol. The minimum absolute atomic E-state index is 0.375. The van der Waals surface area contributed by atoms with E-state index in [9.17, 15) is 0 Å². The van der Waals surface area contributed by atoms with Crippen LogP contribution in [0.5, 0.6) is 0 Å². The van der Waals surface area contributed by atoms with E-state index in [0.717, 1.165) is 13.2 Å². The molecule has 1 saturated heterocycles. The Labute approximate surface area is 49.8 Å². The molecule has 1 rings (SSSR count). The molecular weight excluding hydrogens is 104 g/mol. The van der Waals surface area contributed by atoms with Crippen molar-refractivity contribution >= 4 is 0 Å². The van der Waals surface area contributed by atoms with Gasteiger partial charge in [0.05, 0.1) is 19.3 Å². The summed E-state index contributed by atoms with van der Waals surface area (Å²) in [5.41, 5.74) is 0. The SMILES string of the molecule is COCC1OCC1C. The maximum atomic E-state index is 5.16. The van der Waals surface area contributed by atoms with Gasteiger partial charge >= 0.3 is 0 Å². The molecule has 0 aromatic heterocycles. The lowest BCUT2D eigenvalue weighted by molar-refractivity contribution is -0.133. The molecule has 2 unspecified atom stereocenters. The van der Waals surface area contributed by atoms with Crippen LogP contribution in [0.3, 0.4) is 0 Å². The van der Waals surface area contributed by atoms with Crippen LogP contribution in [0.1, 0.15) is 6.92 Å². The first-order chi connectivity index (χ1) is 3.84. The van der Waals surface area contributed by atoms with Crippen LogP contribution in [0.2, 0.25) is 0 Å². The molecule has 0 radical (unpaired) electrons. The van der Waals surface area contributed by atoms with E-state index in [4.69, 9.17) is 9.47 Å². The molecule has 0 N–H and O–H groups in total. The summed E-state index contributed by atoms with van der Waals surface area (Å²) in [7, 11) is 1.70. The predicted molar refractivity (Wildman–Crippen MR) is 30.8 cm³/mol. The zero-order valence-electron chi connectivity index (χ0n) is 5.39. The Morgan fingerprint density at radius 1 is 1.75 bits per heavy atom. The van der Waals surface area contributed by atoms with Crippen molar-refractivity contribution in [2.24, 2.45) is 5.92 Å². The van der Waals surface area contributed by atoms with Crippen LogP contribution < -0.4 is 0 Å². The number of methoxy groups -OCH3 is 1. The topological polar surface area (TPSA) is 18.5 Å². The molecular formula is C6H12O2. The molecule has 2 nitrogen and oxygen atoms in total. The fraction of sp³-hybridized carbons (Fsp3) is 1.00. The van der Waals surface area contributed by atoms with E-state index in [-0.39, 0.29) is 0 Å². The third-order valence-electron chi connectivity index (χ3n) is 1.54. The van der Waals surface area contributed by atoms with Crippen molar-refractivity contribution in [1.29, 1.82) is 0 Å². The lowest BCUT2D eigenvalue weighted by Crippen LogP contribution is -2.40. The van der Waals surface area contributed by atoms with E-state index in [0.29, 0.717) is 12.0 Å². The van der Waals surface area contributed by atoms with Crippen LogP contribution in [-0.2, 0) is 9.47 Å². The Hall–Kier alpha value is -0.0800. The van der Waals surface area contributed by atoms with Gasteiger partial charge in [-0.05, 0) is 0 Å². The molecule has 1 aliphatic heterocycles. The first kappa shape index (κ1) is 6.05. The van der Waals surface area contributed by atoms with Gasteiger partial charge in [0.25, 0.3) is 0 Å². The van der Waals surface area contributed by atoms with Crippen molar-refractivity contribution in [2.45, 2.75) is 13.0 Å². The highest BCUT2D eigenvalue weighted by Gasteiger charge is 2.27. The maximum Gasteiger partial charge on any atom is 0.0855 e. The highest BCUT2D eigenvalue weighted by molar-refractivity contribution is 4.73. The summed E-state index contributed by atoms with van der Waals surface area (Å²) >= 11 is 0. The summed E-state index contributed by atoms with van der Waals surface area (Å²) in [6.45, 7) is 3.84. The summed E-state index contributed by atoms with van der Waals surface area (Å²) in [5.74, 6) is 0.704. The molecule has 0 aromatic carbocycles. The summed E-state index contributed by atoms with van der Waals surface area (Å²) in [5, 5.41) is 0. The quantitative estimate of drug-likeness (QED) is 0.528. The Morgan fingerprint density at radius 3 is 2.62 bits per heavy atom. The molecule has 2 atom stereocenters. The number of hydrogen-bond acceptors (Lipinski definition) is 2. The van der Waals surface area contributed by atoms with Crippen LogP contribution in [-0.4, -0.2) is 26.4 Å². The van der Waals surface area contributed by atoms with E-state index in [1.165, 1.54) is 0 Å². The predicted octanol–water partition coefficient (Wildman–Crippen LogP) is 0.668. The van der Waals surface area contributed by atoms with Crippen LogP contribution in [0.15, 0.2) is 0 Å². The van der Waals surface area contributed by atoms with E-state index in [2.05, 4.69) is 6.92 Å². The maximum absolute atomic E-state index is 5.16. The van der Waals surface area contributed by atoms with E-state index >= 15 is 0 Å². The fourth-order valence-electron chi connectivity index (χ4n) is 0.801. The van der Waals surface area contributed by atoms with Gasteiger partial charge in [0.2, 0.25) is 0 Å². The summed E-state index contributed by atoms with van der Waals surface area (Å²) in [6.07, 6.45) is 0.375. The van der Waals surface area contributed by atoms with Gasteiger partial charge in [-0.1, -0.05) is 6.92 Å². The zero-order valence-corrected chi connectivity index (χ0v) is 5.39. The number of hydrogen-bond donors (Lipinski definition) is 0. The van der Waals surface area contributed by atoms with Crippen LogP contribution in [0.4, 0.5) is 0 Å². The molecule has 1 heterocycles. The molecule has 0 bridgehead atoms. The Morgan fingerprint density at radius 2 is 2.50 bits per heavy atom. The second kappa shape index (κ2) is 2.46. The minimum Gasteiger partial charge on any atom is -0.382 e. The van der Waals surface area contributed by atoms with Gasteiger partial charge in [-0.2, -0.15) is 0 Å². The average molecular weight is 116 g/mol. The van der Waals surface area contributed by atoms with Gasteiger partial charge in [-0.3, -0.25) is 0 Å². The summed E-state index contributed by atoms with van der Waals surface area (Å²) < 4.78 is 10.0. The normalized spacial score (nSPS) is 36.8. The van der Waals surface area contributed by atoms with Crippen molar-refractivity contribution in [1.82, 2.24) is 0 Å². The molecule has 0 aromatic rings. The zero-order chi connectivity index (χ0) is 5.98. The molecule has 0 saturated carbocycles. The van der Waals surface area contributed by atoms with Gasteiger partial charge in [-0.15, -0.1) is 0 Å². The first-order valence-corrected chi connectivity index (χ1v) is 2.95. The van der Waals surface area contributed by atoms with Crippen molar-refractivity contribution in [3.8, 4) is 0 Å². The molecule has 8 heavy (non-hydrogen) atoms. The molecule has 1 aliphatic rings.